The molecular weight excluding hydrogens is 532 g/mol. The minimum atomic E-state index is -0.862. The fourth-order valence-electron chi connectivity index (χ4n) is 6.32. The number of methoxy groups -OCH3 is 2. The summed E-state index contributed by atoms with van der Waals surface area (Å²) in [6.07, 6.45) is 0.802. The van der Waals surface area contributed by atoms with Gasteiger partial charge >= 0.3 is 5.97 Å². The van der Waals surface area contributed by atoms with Crippen molar-refractivity contribution in [3.8, 4) is 23.0 Å². The van der Waals surface area contributed by atoms with Gasteiger partial charge in [-0.2, -0.15) is 0 Å². The van der Waals surface area contributed by atoms with Gasteiger partial charge in [0.15, 0.2) is 17.3 Å². The van der Waals surface area contributed by atoms with Gasteiger partial charge in [-0.3, -0.25) is 19.3 Å². The average Bonchev–Trinajstić information content (AvgIpc) is 2.97. The number of carbonyl (C=O) groups is 1. The van der Waals surface area contributed by atoms with Crippen LogP contribution in [0.3, 0.4) is 0 Å². The molecule has 0 saturated carbocycles. The summed E-state index contributed by atoms with van der Waals surface area (Å²) >= 11 is 0. The van der Waals surface area contributed by atoms with Crippen molar-refractivity contribution in [2.45, 2.75) is 37.8 Å². The van der Waals surface area contributed by atoms with Crippen LogP contribution in [0.15, 0.2) is 50.4 Å². The second-order valence-electron chi connectivity index (χ2n) is 10.8. The maximum absolute atomic E-state index is 13.0. The van der Waals surface area contributed by atoms with Gasteiger partial charge in [0.1, 0.15) is 19.0 Å². The lowest BCUT2D eigenvalue weighted by molar-refractivity contribution is -0.140. The summed E-state index contributed by atoms with van der Waals surface area (Å²) in [6.45, 7) is 3.13. The van der Waals surface area contributed by atoms with Gasteiger partial charge in [-0.15, -0.1) is 0 Å². The van der Waals surface area contributed by atoms with Crippen LogP contribution in [-0.2, 0) is 22.6 Å². The zero-order valence-corrected chi connectivity index (χ0v) is 23.0. The van der Waals surface area contributed by atoms with Crippen LogP contribution in [0.5, 0.6) is 23.0 Å². The van der Waals surface area contributed by atoms with Crippen molar-refractivity contribution in [3.05, 3.63) is 79.8 Å². The highest BCUT2D eigenvalue weighted by molar-refractivity contribution is 5.71. The first-order valence-corrected chi connectivity index (χ1v) is 13.7. The molecule has 41 heavy (non-hydrogen) atoms. The van der Waals surface area contributed by atoms with Gasteiger partial charge in [-0.1, -0.05) is 6.07 Å². The third kappa shape index (κ3) is 5.17. The third-order valence-electron chi connectivity index (χ3n) is 8.10. The van der Waals surface area contributed by atoms with Crippen molar-refractivity contribution in [2.24, 2.45) is 5.92 Å². The predicted molar refractivity (Wildman–Crippen MR) is 146 cm³/mol. The number of hydrogen-bond donors (Lipinski definition) is 1. The molecular formula is C30H32N2O9. The van der Waals surface area contributed by atoms with Gasteiger partial charge in [0, 0.05) is 43.4 Å². The molecule has 0 aliphatic carbocycles. The Labute approximate surface area is 235 Å². The highest BCUT2D eigenvalue weighted by atomic mass is 16.6. The van der Waals surface area contributed by atoms with E-state index in [-0.39, 0.29) is 23.7 Å². The molecule has 1 saturated heterocycles. The minimum absolute atomic E-state index is 0.0206. The zero-order valence-electron chi connectivity index (χ0n) is 23.0. The molecule has 1 aromatic carbocycles. The number of carbonyl (C=O) groups excluding carboxylic acids is 1. The fourth-order valence-corrected chi connectivity index (χ4v) is 6.32. The van der Waals surface area contributed by atoms with E-state index in [2.05, 4.69) is 4.90 Å². The number of nitrogens with zero attached hydrogens (tertiary/aromatic N) is 2. The molecule has 3 aliphatic rings. The summed E-state index contributed by atoms with van der Waals surface area (Å²) in [4.78, 5) is 40.1. The smallest absolute Gasteiger partial charge is 0.306 e. The molecule has 1 fully saturated rings. The summed E-state index contributed by atoms with van der Waals surface area (Å²) < 4.78 is 30.0. The molecule has 3 unspecified atom stereocenters. The highest BCUT2D eigenvalue weighted by Gasteiger charge is 2.35. The normalized spacial score (nSPS) is 20.1. The maximum Gasteiger partial charge on any atom is 0.306 e. The number of rotatable bonds is 7. The highest BCUT2D eigenvalue weighted by Crippen LogP contribution is 2.45. The van der Waals surface area contributed by atoms with E-state index in [9.17, 15) is 19.5 Å². The standard InChI is InChI=1S/C30H32N2O9/c1-37-24-9-18(10-25-30(24)40-7-6-39-25)21(12-27(35)38-2)29-28(36)23(33)11-20(41-29)16-31-13-17-8-19(15-31)22-4-3-5-26(34)32(22)14-17/h3-5,9-11,17,19,21,36H,6-8,12-16H2,1-2H3. The molecule has 0 amide bonds. The molecule has 6 rings (SSSR count). The Kier molecular flexibility index (Phi) is 7.21. The Morgan fingerprint density at radius 3 is 2.73 bits per heavy atom. The quantitative estimate of drug-likeness (QED) is 0.428. The van der Waals surface area contributed by atoms with Gasteiger partial charge in [-0.05, 0) is 36.1 Å². The van der Waals surface area contributed by atoms with Crippen LogP contribution in [0, 0.1) is 5.92 Å². The Morgan fingerprint density at radius 1 is 1.10 bits per heavy atom. The predicted octanol–water partition coefficient (Wildman–Crippen LogP) is 2.60. The van der Waals surface area contributed by atoms with Crippen molar-refractivity contribution >= 4 is 5.97 Å². The lowest BCUT2D eigenvalue weighted by Crippen LogP contribution is -2.46. The van der Waals surface area contributed by atoms with Crippen molar-refractivity contribution < 1.29 is 33.3 Å². The monoisotopic (exact) mass is 564 g/mol. The molecule has 2 bridgehead atoms. The number of likely N-dealkylation sites (tertiary alicyclic amines) is 1. The van der Waals surface area contributed by atoms with E-state index in [0.29, 0.717) is 67.3 Å². The molecule has 1 N–H and O–H groups in total. The topological polar surface area (TPSA) is 130 Å². The van der Waals surface area contributed by atoms with Crippen molar-refractivity contribution in [2.75, 3.05) is 40.5 Å². The summed E-state index contributed by atoms with van der Waals surface area (Å²) in [5.41, 5.74) is 0.973. The van der Waals surface area contributed by atoms with Crippen molar-refractivity contribution in [3.63, 3.8) is 0 Å². The largest absolute Gasteiger partial charge is 0.502 e. The second-order valence-corrected chi connectivity index (χ2v) is 10.8. The first-order chi connectivity index (χ1) is 19.8. The fraction of sp³-hybridized carbons (Fsp3) is 0.433. The van der Waals surface area contributed by atoms with Crippen LogP contribution in [0.25, 0.3) is 0 Å². The van der Waals surface area contributed by atoms with Crippen LogP contribution in [0.1, 0.15) is 47.5 Å². The van der Waals surface area contributed by atoms with E-state index in [0.717, 1.165) is 18.7 Å². The molecule has 3 aromatic rings. The van der Waals surface area contributed by atoms with Gasteiger partial charge in [0.05, 0.1) is 33.1 Å². The van der Waals surface area contributed by atoms with Crippen LogP contribution in [0.2, 0.25) is 0 Å². The van der Waals surface area contributed by atoms with E-state index >= 15 is 0 Å². The summed E-state index contributed by atoms with van der Waals surface area (Å²) in [6, 6.07) is 10.1. The first-order valence-electron chi connectivity index (χ1n) is 13.7. The van der Waals surface area contributed by atoms with Crippen LogP contribution in [-0.4, -0.2) is 61.1 Å². The summed E-state index contributed by atoms with van der Waals surface area (Å²) in [7, 11) is 2.77. The Bertz CT molecular complexity index is 1580. The maximum atomic E-state index is 13.0. The zero-order chi connectivity index (χ0) is 28.7. The van der Waals surface area contributed by atoms with E-state index in [1.807, 2.05) is 10.6 Å². The number of aromatic nitrogens is 1. The average molecular weight is 565 g/mol. The van der Waals surface area contributed by atoms with E-state index in [1.165, 1.54) is 20.3 Å². The SMILES string of the molecule is COC(=O)CC(c1cc(OC)c2c(c1)OCCO2)c1oc(CN2CC3CC(C2)c2cccc(=O)n2C3)cc(=O)c1O. The number of pyridine rings is 1. The molecule has 0 spiro atoms. The third-order valence-corrected chi connectivity index (χ3v) is 8.10. The molecule has 3 atom stereocenters. The van der Waals surface area contributed by atoms with Crippen molar-refractivity contribution in [1.29, 1.82) is 0 Å². The Hall–Kier alpha value is -4.25. The Balaban J connectivity index is 1.34. The molecule has 0 radical (unpaired) electrons. The summed E-state index contributed by atoms with van der Waals surface area (Å²) in [5.74, 6) is 0.103. The lowest BCUT2D eigenvalue weighted by atomic mass is 9.83. The molecule has 216 valence electrons. The molecule has 2 aromatic heterocycles. The molecule has 5 heterocycles. The minimum Gasteiger partial charge on any atom is -0.502 e. The number of aromatic hydroxyl groups is 1. The number of fused-ring (bicyclic) bond motifs is 5. The number of piperidine rings is 1. The van der Waals surface area contributed by atoms with Crippen LogP contribution in [0.4, 0.5) is 0 Å². The molecule has 11 nitrogen and oxygen atoms in total. The van der Waals surface area contributed by atoms with E-state index in [4.69, 9.17) is 23.4 Å². The number of hydrogen-bond acceptors (Lipinski definition) is 10. The van der Waals surface area contributed by atoms with Crippen LogP contribution < -0.4 is 25.2 Å². The van der Waals surface area contributed by atoms with E-state index < -0.39 is 23.1 Å². The lowest BCUT2D eigenvalue weighted by Gasteiger charge is -2.42. The number of benzene rings is 1. The van der Waals surface area contributed by atoms with Crippen molar-refractivity contribution in [1.82, 2.24) is 9.47 Å². The van der Waals surface area contributed by atoms with Gasteiger partial charge in [0.25, 0.3) is 5.56 Å². The van der Waals surface area contributed by atoms with Gasteiger partial charge in [-0.25, -0.2) is 0 Å². The number of esters is 1. The number of ether oxygens (including phenoxy) is 4. The summed E-state index contributed by atoms with van der Waals surface area (Å²) in [5, 5.41) is 10.9. The second kappa shape index (κ2) is 11.0. The van der Waals surface area contributed by atoms with E-state index in [1.54, 1.807) is 24.3 Å². The van der Waals surface area contributed by atoms with Crippen LogP contribution >= 0.6 is 0 Å². The van der Waals surface area contributed by atoms with Gasteiger partial charge in [0.2, 0.25) is 16.9 Å². The first kappa shape index (κ1) is 26.9. The van der Waals surface area contributed by atoms with Gasteiger partial charge < -0.3 is 33.0 Å². The Morgan fingerprint density at radius 2 is 1.93 bits per heavy atom. The molecule has 3 aliphatic heterocycles. The molecule has 11 heteroatoms.